The van der Waals surface area contributed by atoms with Gasteiger partial charge in [-0.3, -0.25) is 37.3 Å². The van der Waals surface area contributed by atoms with Gasteiger partial charge in [-0.2, -0.15) is 0 Å². The van der Waals surface area contributed by atoms with Crippen LogP contribution in [0.5, 0.6) is 0 Å². The fourth-order valence-electron chi connectivity index (χ4n) is 10.3. The first-order valence-corrected chi connectivity index (χ1v) is 38.7. The maximum absolute atomic E-state index is 13.0. The van der Waals surface area contributed by atoms with E-state index in [2.05, 4.69) is 55.4 Å². The van der Waals surface area contributed by atoms with Gasteiger partial charge in [0.1, 0.15) is 19.3 Å². The van der Waals surface area contributed by atoms with Crippen molar-refractivity contribution in [3.63, 3.8) is 0 Å². The largest absolute Gasteiger partial charge is 0.472 e. The number of carbonyl (C=O) groups is 4. The molecule has 0 aromatic rings. The van der Waals surface area contributed by atoms with Gasteiger partial charge >= 0.3 is 39.5 Å². The summed E-state index contributed by atoms with van der Waals surface area (Å²) in [5.41, 5.74) is 0. The molecule has 0 aliphatic rings. The lowest BCUT2D eigenvalue weighted by Gasteiger charge is -2.21. The predicted molar refractivity (Wildman–Crippen MR) is 354 cm³/mol. The second-order valence-corrected chi connectivity index (χ2v) is 29.7. The van der Waals surface area contributed by atoms with E-state index in [1.807, 2.05) is 0 Å². The van der Waals surface area contributed by atoms with Gasteiger partial charge in [-0.15, -0.1) is 0 Å². The molecule has 3 unspecified atom stereocenters. The van der Waals surface area contributed by atoms with E-state index in [4.69, 9.17) is 37.0 Å². The first-order valence-electron chi connectivity index (χ1n) is 35.7. The summed E-state index contributed by atoms with van der Waals surface area (Å²) in [4.78, 5) is 72.4. The minimum absolute atomic E-state index is 0.102. The zero-order chi connectivity index (χ0) is 65.4. The van der Waals surface area contributed by atoms with Gasteiger partial charge < -0.3 is 33.8 Å². The number of phosphoric ester groups is 2. The SMILES string of the molecule is CC(C)CCCCCCCCCCCCCCCCC(=O)OC[C@H](COP(=O)(O)OCC(O)COP(=O)(O)OC[C@@H](COC(=O)CCCCCCCCCC(C)C)OC(=O)CCCCCCCCCCCC(C)C)OC(=O)CCCCCCCCC(C)C. The van der Waals surface area contributed by atoms with E-state index in [-0.39, 0.29) is 25.7 Å². The molecule has 17 nitrogen and oxygen atoms in total. The van der Waals surface area contributed by atoms with Crippen LogP contribution < -0.4 is 0 Å². The molecule has 0 aliphatic carbocycles. The Kier molecular flexibility index (Phi) is 57.6. The van der Waals surface area contributed by atoms with E-state index >= 15 is 0 Å². The highest BCUT2D eigenvalue weighted by atomic mass is 31.2. The lowest BCUT2D eigenvalue weighted by atomic mass is 10.0. The molecule has 0 aromatic carbocycles. The molecule has 0 rings (SSSR count). The Bertz CT molecular complexity index is 1750. The second kappa shape index (κ2) is 58.8. The summed E-state index contributed by atoms with van der Waals surface area (Å²) in [6.07, 6.45) is 40.6. The number of phosphoric acid groups is 2. The molecule has 0 heterocycles. The molecule has 0 amide bonds. The first-order chi connectivity index (χ1) is 42.1. The molecule has 522 valence electrons. The van der Waals surface area contributed by atoms with E-state index < -0.39 is 97.5 Å². The third-order valence-corrected chi connectivity index (χ3v) is 17.7. The van der Waals surface area contributed by atoms with E-state index in [1.165, 1.54) is 135 Å². The van der Waals surface area contributed by atoms with Crippen LogP contribution in [0.3, 0.4) is 0 Å². The lowest BCUT2D eigenvalue weighted by molar-refractivity contribution is -0.161. The average Bonchev–Trinajstić information content (AvgIpc) is 3.50. The third kappa shape index (κ3) is 62.8. The summed E-state index contributed by atoms with van der Waals surface area (Å²) < 4.78 is 68.2. The topological polar surface area (TPSA) is 237 Å². The van der Waals surface area contributed by atoms with Gasteiger partial charge in [0.25, 0.3) is 0 Å². The van der Waals surface area contributed by atoms with Gasteiger partial charge in [0.05, 0.1) is 26.4 Å². The maximum atomic E-state index is 13.0. The number of aliphatic hydroxyl groups is 1. The number of carbonyl (C=O) groups excluding carboxylic acids is 4. The van der Waals surface area contributed by atoms with Crippen molar-refractivity contribution >= 4 is 39.5 Å². The second-order valence-electron chi connectivity index (χ2n) is 26.8. The molecule has 0 aliphatic heterocycles. The van der Waals surface area contributed by atoms with Gasteiger partial charge in [-0.05, 0) is 49.4 Å². The number of hydrogen-bond donors (Lipinski definition) is 3. The fraction of sp³-hybridized carbons (Fsp3) is 0.942. The van der Waals surface area contributed by atoms with Crippen LogP contribution in [-0.2, 0) is 65.4 Å². The van der Waals surface area contributed by atoms with Crippen molar-refractivity contribution < 1.29 is 80.2 Å². The first kappa shape index (κ1) is 86.1. The molecule has 0 aromatic heterocycles. The Morgan fingerprint density at radius 1 is 0.284 bits per heavy atom. The number of aliphatic hydroxyl groups excluding tert-OH is 1. The normalized spacial score (nSPS) is 14.3. The number of hydrogen-bond acceptors (Lipinski definition) is 15. The lowest BCUT2D eigenvalue weighted by Crippen LogP contribution is -2.30. The number of ether oxygens (including phenoxy) is 4. The summed E-state index contributed by atoms with van der Waals surface area (Å²) in [7, 11) is -9.90. The van der Waals surface area contributed by atoms with Gasteiger partial charge in [-0.1, -0.05) is 287 Å². The van der Waals surface area contributed by atoms with Crippen molar-refractivity contribution in [2.45, 2.75) is 356 Å². The minimum atomic E-state index is -4.95. The molecule has 0 bridgehead atoms. The highest BCUT2D eigenvalue weighted by Crippen LogP contribution is 2.45. The highest BCUT2D eigenvalue weighted by molar-refractivity contribution is 7.47. The van der Waals surface area contributed by atoms with E-state index in [0.29, 0.717) is 37.5 Å². The monoisotopic (exact) mass is 1300 g/mol. The Morgan fingerprint density at radius 3 is 0.705 bits per heavy atom. The van der Waals surface area contributed by atoms with Crippen molar-refractivity contribution in [1.82, 2.24) is 0 Å². The van der Waals surface area contributed by atoms with Crippen LogP contribution in [0.4, 0.5) is 0 Å². The Balaban J connectivity index is 5.19. The van der Waals surface area contributed by atoms with E-state index in [1.54, 1.807) is 0 Å². The van der Waals surface area contributed by atoms with Crippen LogP contribution in [0.25, 0.3) is 0 Å². The summed E-state index contributed by atoms with van der Waals surface area (Å²) in [5.74, 6) is 0.774. The summed E-state index contributed by atoms with van der Waals surface area (Å²) in [6, 6.07) is 0. The quantitative estimate of drug-likeness (QED) is 0.0222. The van der Waals surface area contributed by atoms with Crippen molar-refractivity contribution in [3.05, 3.63) is 0 Å². The summed E-state index contributed by atoms with van der Waals surface area (Å²) >= 11 is 0. The van der Waals surface area contributed by atoms with Gasteiger partial charge in [0.15, 0.2) is 12.2 Å². The minimum Gasteiger partial charge on any atom is -0.462 e. The molecular weight excluding hydrogens is 1160 g/mol. The van der Waals surface area contributed by atoms with Gasteiger partial charge in [0, 0.05) is 25.7 Å². The van der Waals surface area contributed by atoms with Crippen LogP contribution in [0.15, 0.2) is 0 Å². The zero-order valence-electron chi connectivity index (χ0n) is 57.3. The summed E-state index contributed by atoms with van der Waals surface area (Å²) in [5, 5.41) is 10.6. The van der Waals surface area contributed by atoms with E-state index in [9.17, 15) is 43.2 Å². The molecular formula is C69H134O17P2. The highest BCUT2D eigenvalue weighted by Gasteiger charge is 2.30. The zero-order valence-corrected chi connectivity index (χ0v) is 59.1. The number of rotatable bonds is 66. The number of unbranched alkanes of at least 4 members (excludes halogenated alkanes) is 32. The Hall–Kier alpha value is -1.94. The molecule has 0 saturated carbocycles. The summed E-state index contributed by atoms with van der Waals surface area (Å²) in [6.45, 7) is 14.0. The van der Waals surface area contributed by atoms with Crippen molar-refractivity contribution in [3.8, 4) is 0 Å². The molecule has 0 spiro atoms. The predicted octanol–water partition coefficient (Wildman–Crippen LogP) is 19.3. The Morgan fingerprint density at radius 2 is 0.477 bits per heavy atom. The third-order valence-electron chi connectivity index (χ3n) is 15.8. The van der Waals surface area contributed by atoms with Crippen LogP contribution in [0, 0.1) is 23.7 Å². The molecule has 0 fully saturated rings. The molecule has 88 heavy (non-hydrogen) atoms. The standard InChI is InChI=1S/C69H134O17P2/c1-59(2)45-37-29-21-16-13-11-9-10-12-14-18-24-33-41-49-66(71)79-56-65(86-69(74)52-44-36-28-27-32-40-48-62(7)8)58-84-88(77,78)82-54-63(70)53-81-87(75,76)83-57-64(55-80-67(72)50-42-34-26-20-23-31-39-47-61(5)6)85-68(73)51-43-35-25-19-15-17-22-30-38-46-60(3)4/h59-65,70H,9-58H2,1-8H3,(H,75,76)(H,77,78)/t63?,64-,65-/m1/s1. The molecule has 0 saturated heterocycles. The van der Waals surface area contributed by atoms with Crippen LogP contribution in [0.1, 0.15) is 338 Å². The Labute approximate surface area is 537 Å². The van der Waals surface area contributed by atoms with Crippen LogP contribution >= 0.6 is 15.6 Å². The van der Waals surface area contributed by atoms with Crippen LogP contribution in [-0.4, -0.2) is 96.7 Å². The molecule has 0 radical (unpaired) electrons. The van der Waals surface area contributed by atoms with Crippen molar-refractivity contribution in [1.29, 1.82) is 0 Å². The van der Waals surface area contributed by atoms with Gasteiger partial charge in [-0.25, -0.2) is 9.13 Å². The number of esters is 4. The molecule has 5 atom stereocenters. The van der Waals surface area contributed by atoms with Crippen LogP contribution in [0.2, 0.25) is 0 Å². The van der Waals surface area contributed by atoms with Crippen molar-refractivity contribution in [2.24, 2.45) is 23.7 Å². The molecule has 3 N–H and O–H groups in total. The fourth-order valence-corrected chi connectivity index (χ4v) is 11.9. The smallest absolute Gasteiger partial charge is 0.462 e. The van der Waals surface area contributed by atoms with Gasteiger partial charge in [0.2, 0.25) is 0 Å². The average molecular weight is 1300 g/mol. The van der Waals surface area contributed by atoms with E-state index in [0.717, 1.165) is 108 Å². The maximum Gasteiger partial charge on any atom is 0.472 e. The van der Waals surface area contributed by atoms with Crippen molar-refractivity contribution in [2.75, 3.05) is 39.6 Å². The molecule has 19 heteroatoms.